The van der Waals surface area contributed by atoms with E-state index in [-0.39, 0.29) is 23.1 Å². The molecule has 1 fully saturated rings. The standard InChI is InChI=1S/C11H10IN3O3/c12-9-3-7(5-13)4-10(15(16)17)11(9)18-8-1-2-14-6-8/h3-4,8,14H,1-2,6H2/t8-/m0/s1. The Morgan fingerprint density at radius 2 is 2.39 bits per heavy atom. The average molecular weight is 359 g/mol. The van der Waals surface area contributed by atoms with Gasteiger partial charge in [-0.05, 0) is 41.6 Å². The monoisotopic (exact) mass is 359 g/mol. The molecule has 1 aliphatic heterocycles. The Hall–Kier alpha value is -1.40. The third-order valence-electron chi connectivity index (χ3n) is 2.65. The van der Waals surface area contributed by atoms with Crippen molar-refractivity contribution in [3.05, 3.63) is 31.4 Å². The molecule has 1 N–H and O–H groups in total. The Kier molecular flexibility index (Phi) is 3.98. The molecule has 94 valence electrons. The summed E-state index contributed by atoms with van der Waals surface area (Å²) in [6, 6.07) is 4.75. The van der Waals surface area contributed by atoms with E-state index in [1.54, 1.807) is 6.07 Å². The van der Waals surface area contributed by atoms with E-state index in [0.29, 0.717) is 10.1 Å². The molecule has 18 heavy (non-hydrogen) atoms. The van der Waals surface area contributed by atoms with Gasteiger partial charge in [-0.1, -0.05) is 0 Å². The quantitative estimate of drug-likeness (QED) is 0.505. The molecule has 0 aliphatic carbocycles. The number of benzene rings is 1. The molecule has 1 aromatic carbocycles. The zero-order valence-corrected chi connectivity index (χ0v) is 11.5. The van der Waals surface area contributed by atoms with Gasteiger partial charge in [0, 0.05) is 12.6 Å². The molecule has 1 aromatic rings. The second-order valence-corrected chi connectivity index (χ2v) is 5.07. The van der Waals surface area contributed by atoms with Gasteiger partial charge in [0.15, 0.2) is 0 Å². The molecule has 1 heterocycles. The van der Waals surface area contributed by atoms with Gasteiger partial charge in [0.1, 0.15) is 6.10 Å². The van der Waals surface area contributed by atoms with E-state index >= 15 is 0 Å². The van der Waals surface area contributed by atoms with Crippen LogP contribution in [0.5, 0.6) is 5.75 Å². The SMILES string of the molecule is N#Cc1cc(I)c(O[C@H]2CCNC2)c([N+](=O)[O-])c1. The lowest BCUT2D eigenvalue weighted by Gasteiger charge is -2.14. The zero-order chi connectivity index (χ0) is 13.1. The van der Waals surface area contributed by atoms with Gasteiger partial charge in [0.2, 0.25) is 5.75 Å². The van der Waals surface area contributed by atoms with Crippen LogP contribution in [0.15, 0.2) is 12.1 Å². The third-order valence-corrected chi connectivity index (χ3v) is 3.45. The molecule has 0 radical (unpaired) electrons. The van der Waals surface area contributed by atoms with E-state index in [9.17, 15) is 10.1 Å². The van der Waals surface area contributed by atoms with Crippen molar-refractivity contribution in [2.24, 2.45) is 0 Å². The van der Waals surface area contributed by atoms with Crippen molar-refractivity contribution in [1.82, 2.24) is 5.32 Å². The van der Waals surface area contributed by atoms with E-state index in [1.807, 2.05) is 28.7 Å². The fourth-order valence-electron chi connectivity index (χ4n) is 1.79. The van der Waals surface area contributed by atoms with Crippen molar-refractivity contribution in [1.29, 1.82) is 5.26 Å². The first-order valence-corrected chi connectivity index (χ1v) is 6.45. The van der Waals surface area contributed by atoms with Crippen LogP contribution >= 0.6 is 22.6 Å². The lowest BCUT2D eigenvalue weighted by Crippen LogP contribution is -2.20. The lowest BCUT2D eigenvalue weighted by molar-refractivity contribution is -0.386. The second-order valence-electron chi connectivity index (χ2n) is 3.91. The normalized spacial score (nSPS) is 18.3. The van der Waals surface area contributed by atoms with Crippen LogP contribution in [0.1, 0.15) is 12.0 Å². The van der Waals surface area contributed by atoms with E-state index in [2.05, 4.69) is 5.32 Å². The first-order chi connectivity index (χ1) is 8.61. The maximum absolute atomic E-state index is 11.0. The van der Waals surface area contributed by atoms with Gasteiger partial charge in [0.05, 0.1) is 20.1 Å². The molecule has 6 nitrogen and oxygen atoms in total. The molecule has 0 unspecified atom stereocenters. The van der Waals surface area contributed by atoms with Gasteiger partial charge in [-0.2, -0.15) is 5.26 Å². The van der Waals surface area contributed by atoms with Gasteiger partial charge < -0.3 is 10.1 Å². The van der Waals surface area contributed by atoms with Crippen LogP contribution in [0.4, 0.5) is 5.69 Å². The van der Waals surface area contributed by atoms with E-state index in [0.717, 1.165) is 13.0 Å². The fraction of sp³-hybridized carbons (Fsp3) is 0.364. The average Bonchev–Trinajstić information content (AvgIpc) is 2.83. The van der Waals surface area contributed by atoms with E-state index in [1.165, 1.54) is 6.07 Å². The highest BCUT2D eigenvalue weighted by Gasteiger charge is 2.25. The predicted molar refractivity (Wildman–Crippen MR) is 72.4 cm³/mol. The molecule has 0 bridgehead atoms. The number of nitriles is 1. The summed E-state index contributed by atoms with van der Waals surface area (Å²) < 4.78 is 6.27. The Balaban J connectivity index is 2.38. The number of nitro benzene ring substituents is 1. The van der Waals surface area contributed by atoms with Crippen LogP contribution in [0.25, 0.3) is 0 Å². The molecular weight excluding hydrogens is 349 g/mol. The summed E-state index contributed by atoms with van der Waals surface area (Å²) in [4.78, 5) is 10.5. The number of nitro groups is 1. The summed E-state index contributed by atoms with van der Waals surface area (Å²) in [5, 5.41) is 23.0. The molecule has 1 atom stereocenters. The lowest BCUT2D eigenvalue weighted by atomic mass is 10.2. The Morgan fingerprint density at radius 3 is 2.94 bits per heavy atom. The summed E-state index contributed by atoms with van der Waals surface area (Å²) >= 11 is 1.95. The summed E-state index contributed by atoms with van der Waals surface area (Å²) in [7, 11) is 0. The highest BCUT2D eigenvalue weighted by atomic mass is 127. The molecule has 1 saturated heterocycles. The van der Waals surface area contributed by atoms with Gasteiger partial charge >= 0.3 is 5.69 Å². The highest BCUT2D eigenvalue weighted by Crippen LogP contribution is 2.34. The molecule has 0 spiro atoms. The number of hydrogen-bond acceptors (Lipinski definition) is 5. The van der Waals surface area contributed by atoms with Crippen LogP contribution in [-0.2, 0) is 0 Å². The summed E-state index contributed by atoms with van der Waals surface area (Å²) in [5.74, 6) is 0.258. The molecule has 7 heteroatoms. The van der Waals surface area contributed by atoms with E-state index < -0.39 is 4.92 Å². The Bertz CT molecular complexity index is 521. The van der Waals surface area contributed by atoms with Gasteiger partial charge in [0.25, 0.3) is 0 Å². The molecule has 0 amide bonds. The minimum atomic E-state index is -0.513. The number of rotatable bonds is 3. The minimum absolute atomic E-state index is 0.0508. The van der Waals surface area contributed by atoms with Crippen LogP contribution in [0.3, 0.4) is 0 Å². The van der Waals surface area contributed by atoms with E-state index in [4.69, 9.17) is 10.00 Å². The zero-order valence-electron chi connectivity index (χ0n) is 9.35. The molecule has 2 rings (SSSR count). The Morgan fingerprint density at radius 1 is 1.61 bits per heavy atom. The highest BCUT2D eigenvalue weighted by molar-refractivity contribution is 14.1. The number of nitrogens with one attached hydrogen (secondary N) is 1. The number of hydrogen-bond donors (Lipinski definition) is 1. The van der Waals surface area contributed by atoms with Crippen LogP contribution in [-0.4, -0.2) is 24.1 Å². The molecular formula is C11H10IN3O3. The number of ether oxygens (including phenoxy) is 1. The number of halogens is 1. The fourth-order valence-corrected chi connectivity index (χ4v) is 2.53. The van der Waals surface area contributed by atoms with Gasteiger partial charge in [-0.3, -0.25) is 10.1 Å². The Labute approximate surface area is 117 Å². The summed E-state index contributed by atoms with van der Waals surface area (Å²) in [6.45, 7) is 1.54. The molecule has 0 aromatic heterocycles. The van der Waals surface area contributed by atoms with Gasteiger partial charge in [-0.15, -0.1) is 0 Å². The molecule has 1 aliphatic rings. The van der Waals surface area contributed by atoms with Crippen molar-refractivity contribution in [2.45, 2.75) is 12.5 Å². The van der Waals surface area contributed by atoms with Gasteiger partial charge in [-0.25, -0.2) is 0 Å². The second kappa shape index (κ2) is 5.49. The summed E-state index contributed by atoms with van der Waals surface area (Å²) in [6.07, 6.45) is 0.776. The van der Waals surface area contributed by atoms with Crippen molar-refractivity contribution >= 4 is 28.3 Å². The maximum atomic E-state index is 11.0. The largest absolute Gasteiger partial charge is 0.481 e. The minimum Gasteiger partial charge on any atom is -0.481 e. The summed E-state index contributed by atoms with van der Waals surface area (Å²) in [5.41, 5.74) is 0.119. The van der Waals surface area contributed by atoms with Crippen LogP contribution < -0.4 is 10.1 Å². The van der Waals surface area contributed by atoms with Crippen molar-refractivity contribution in [2.75, 3.05) is 13.1 Å². The smallest absolute Gasteiger partial charge is 0.313 e. The van der Waals surface area contributed by atoms with Crippen molar-refractivity contribution in [3.8, 4) is 11.8 Å². The first-order valence-electron chi connectivity index (χ1n) is 5.37. The molecule has 0 saturated carbocycles. The predicted octanol–water partition coefficient (Wildman–Crippen LogP) is 1.81. The number of nitrogens with zero attached hydrogens (tertiary/aromatic N) is 2. The first kappa shape index (κ1) is 13.0. The van der Waals surface area contributed by atoms with Crippen molar-refractivity contribution < 1.29 is 9.66 Å². The van der Waals surface area contributed by atoms with Crippen molar-refractivity contribution in [3.63, 3.8) is 0 Å². The van der Waals surface area contributed by atoms with Crippen LogP contribution in [0, 0.1) is 25.0 Å². The van der Waals surface area contributed by atoms with Crippen LogP contribution in [0.2, 0.25) is 0 Å². The third kappa shape index (κ3) is 2.70. The topological polar surface area (TPSA) is 88.2 Å². The maximum Gasteiger partial charge on any atom is 0.313 e.